The number of aromatic nitrogens is 3. The lowest BCUT2D eigenvalue weighted by atomic mass is 10.1. The molecule has 0 atom stereocenters. The number of aliphatic carboxylic acids is 1. The van der Waals surface area contributed by atoms with Gasteiger partial charge >= 0.3 is 5.97 Å². The summed E-state index contributed by atoms with van der Waals surface area (Å²) < 4.78 is -0.184. The number of thioether (sulfide) groups is 1. The second-order valence-electron chi connectivity index (χ2n) is 10.1. The molecule has 2 aromatic heterocycles. The molecule has 1 aliphatic rings. The number of hydrogen-bond donors (Lipinski definition) is 2. The predicted molar refractivity (Wildman–Crippen MR) is 153 cm³/mol. The second kappa shape index (κ2) is 12.7. The van der Waals surface area contributed by atoms with Crippen molar-refractivity contribution in [1.29, 1.82) is 0 Å². The molecule has 4 rings (SSSR count). The lowest BCUT2D eigenvalue weighted by Gasteiger charge is -2.23. The van der Waals surface area contributed by atoms with Gasteiger partial charge in [-0.15, -0.1) is 11.3 Å². The zero-order valence-electron chi connectivity index (χ0n) is 22.1. The van der Waals surface area contributed by atoms with Crippen molar-refractivity contribution in [3.05, 3.63) is 58.9 Å². The number of benzene rings is 1. The maximum absolute atomic E-state index is 12.5. The van der Waals surface area contributed by atoms with Crippen LogP contribution in [0.15, 0.2) is 46.4 Å². The minimum atomic E-state index is -0.932. The third-order valence-electron chi connectivity index (χ3n) is 6.73. The summed E-state index contributed by atoms with van der Waals surface area (Å²) in [7, 11) is 0. The van der Waals surface area contributed by atoms with Gasteiger partial charge in [-0.3, -0.25) is 9.59 Å². The molecule has 1 aromatic carbocycles. The van der Waals surface area contributed by atoms with Crippen LogP contribution in [0.3, 0.4) is 0 Å². The lowest BCUT2D eigenvalue weighted by Crippen LogP contribution is -2.27. The Labute approximate surface area is 232 Å². The van der Waals surface area contributed by atoms with Crippen LogP contribution >= 0.6 is 23.1 Å². The van der Waals surface area contributed by atoms with E-state index in [0.717, 1.165) is 59.0 Å². The Morgan fingerprint density at radius 2 is 1.82 bits per heavy atom. The van der Waals surface area contributed by atoms with E-state index in [2.05, 4.69) is 32.1 Å². The summed E-state index contributed by atoms with van der Waals surface area (Å²) in [6, 6.07) is 7.97. The summed E-state index contributed by atoms with van der Waals surface area (Å²) in [5, 5.41) is 14.5. The summed E-state index contributed by atoms with van der Waals surface area (Å²) >= 11 is 2.73. The zero-order valence-corrected chi connectivity index (χ0v) is 23.8. The number of anilines is 2. The molecule has 0 aliphatic heterocycles. The minimum absolute atomic E-state index is 0.119. The summed E-state index contributed by atoms with van der Waals surface area (Å²) in [5.41, 5.74) is 3.90. The van der Waals surface area contributed by atoms with E-state index in [9.17, 15) is 14.7 Å². The largest absolute Gasteiger partial charge is 0.480 e. The molecular weight excluding hydrogens is 518 g/mol. The average Bonchev–Trinajstić information content (AvgIpc) is 3.60. The summed E-state index contributed by atoms with van der Waals surface area (Å²) in [5.74, 6) is 0.0435. The van der Waals surface area contributed by atoms with Crippen molar-refractivity contribution in [2.24, 2.45) is 5.92 Å². The van der Waals surface area contributed by atoms with E-state index in [-0.39, 0.29) is 11.8 Å². The topological polar surface area (TPSA) is 108 Å². The number of carboxylic acid groups (broad SMARTS) is 1. The van der Waals surface area contributed by atoms with E-state index in [4.69, 9.17) is 0 Å². The van der Waals surface area contributed by atoms with Crippen molar-refractivity contribution >= 4 is 46.6 Å². The first kappa shape index (κ1) is 28.0. The number of rotatable bonds is 12. The highest BCUT2D eigenvalue weighted by Gasteiger charge is 2.30. The van der Waals surface area contributed by atoms with Gasteiger partial charge in [0.05, 0.1) is 5.69 Å². The molecule has 8 nitrogen and oxygen atoms in total. The standard InChI is InChI=1S/C28H35N5O3S2/c1-4-19-15-29-26(30-16-19)33(14-13-23-18-37-27(32-23)38-28(2,3)25(35)36)17-20-9-11-22(12-10-20)31-24(34)21-7-5-6-8-21/h9-12,15-16,18,21H,4-8,13-14,17H2,1-3H3,(H,31,34)(H,35,36). The number of aryl methyl sites for hydroxylation is 1. The molecule has 1 amide bonds. The molecule has 202 valence electrons. The van der Waals surface area contributed by atoms with Crippen LogP contribution in [-0.4, -0.2) is 43.2 Å². The van der Waals surface area contributed by atoms with E-state index in [1.165, 1.54) is 23.1 Å². The van der Waals surface area contributed by atoms with Crippen molar-refractivity contribution < 1.29 is 14.7 Å². The van der Waals surface area contributed by atoms with Gasteiger partial charge in [0.1, 0.15) is 4.75 Å². The summed E-state index contributed by atoms with van der Waals surface area (Å²) in [4.78, 5) is 39.9. The van der Waals surface area contributed by atoms with Crippen LogP contribution in [0, 0.1) is 5.92 Å². The number of nitrogens with zero attached hydrogens (tertiary/aromatic N) is 4. The molecule has 1 fully saturated rings. The zero-order chi connectivity index (χ0) is 27.1. The predicted octanol–water partition coefficient (Wildman–Crippen LogP) is 5.83. The van der Waals surface area contributed by atoms with Gasteiger partial charge in [-0.25, -0.2) is 15.0 Å². The van der Waals surface area contributed by atoms with Gasteiger partial charge in [-0.1, -0.05) is 43.7 Å². The number of carboxylic acids is 1. The molecule has 0 saturated heterocycles. The molecule has 0 bridgehead atoms. The van der Waals surface area contributed by atoms with Crippen molar-refractivity contribution in [2.45, 2.75) is 74.9 Å². The van der Waals surface area contributed by atoms with E-state index < -0.39 is 10.7 Å². The molecular formula is C28H35N5O3S2. The summed E-state index contributed by atoms with van der Waals surface area (Å²) in [6.07, 6.45) is 9.51. The van der Waals surface area contributed by atoms with Gasteiger partial charge in [-0.05, 0) is 56.4 Å². The van der Waals surface area contributed by atoms with Gasteiger partial charge in [0, 0.05) is 48.9 Å². The fourth-order valence-corrected chi connectivity index (χ4v) is 6.48. The molecule has 0 radical (unpaired) electrons. The minimum Gasteiger partial charge on any atom is -0.480 e. The van der Waals surface area contributed by atoms with Crippen LogP contribution in [0.4, 0.5) is 11.6 Å². The first-order valence-electron chi connectivity index (χ1n) is 13.1. The van der Waals surface area contributed by atoms with Crippen LogP contribution in [0.5, 0.6) is 0 Å². The fourth-order valence-electron chi connectivity index (χ4n) is 4.25. The molecule has 2 N–H and O–H groups in total. The Morgan fingerprint density at radius 3 is 2.45 bits per heavy atom. The number of amides is 1. The van der Waals surface area contributed by atoms with Crippen molar-refractivity contribution in [1.82, 2.24) is 15.0 Å². The number of hydrogen-bond acceptors (Lipinski definition) is 8. The van der Waals surface area contributed by atoms with Crippen molar-refractivity contribution in [3.8, 4) is 0 Å². The average molecular weight is 554 g/mol. The molecule has 2 heterocycles. The summed E-state index contributed by atoms with van der Waals surface area (Å²) in [6.45, 7) is 6.71. The highest BCUT2D eigenvalue weighted by atomic mass is 32.2. The van der Waals surface area contributed by atoms with Gasteiger partial charge in [0.25, 0.3) is 0 Å². The van der Waals surface area contributed by atoms with E-state index in [1.54, 1.807) is 13.8 Å². The molecule has 3 aromatic rings. The molecule has 0 unspecified atom stereocenters. The Bertz CT molecular complexity index is 1220. The molecule has 38 heavy (non-hydrogen) atoms. The first-order valence-corrected chi connectivity index (χ1v) is 14.8. The van der Waals surface area contributed by atoms with Crippen LogP contribution in [-0.2, 0) is 29.0 Å². The van der Waals surface area contributed by atoms with Gasteiger partial charge < -0.3 is 15.3 Å². The molecule has 10 heteroatoms. The van der Waals surface area contributed by atoms with Crippen LogP contribution in [0.2, 0.25) is 0 Å². The third-order valence-corrected chi connectivity index (χ3v) is 8.90. The maximum atomic E-state index is 12.5. The SMILES string of the molecule is CCc1cnc(N(CCc2csc(SC(C)(C)C(=O)O)n2)Cc2ccc(NC(=O)C3CCCC3)cc2)nc1. The van der Waals surface area contributed by atoms with Crippen molar-refractivity contribution in [2.75, 3.05) is 16.8 Å². The normalized spacial score (nSPS) is 14.0. The van der Waals surface area contributed by atoms with Crippen molar-refractivity contribution in [3.63, 3.8) is 0 Å². The number of carbonyl (C=O) groups excluding carboxylic acids is 1. The number of thiazole rings is 1. The smallest absolute Gasteiger partial charge is 0.319 e. The molecule has 1 saturated carbocycles. The van der Waals surface area contributed by atoms with E-state index in [1.807, 2.05) is 42.0 Å². The number of carbonyl (C=O) groups is 2. The second-order valence-corrected chi connectivity index (χ2v) is 12.8. The number of nitrogens with one attached hydrogen (secondary N) is 1. The highest BCUT2D eigenvalue weighted by molar-refractivity contribution is 8.03. The van der Waals surface area contributed by atoms with Gasteiger partial charge in [0.2, 0.25) is 11.9 Å². The Morgan fingerprint density at radius 1 is 1.13 bits per heavy atom. The van der Waals surface area contributed by atoms with Crippen LogP contribution < -0.4 is 10.2 Å². The van der Waals surface area contributed by atoms with Crippen LogP contribution in [0.1, 0.15) is 63.3 Å². The molecule has 1 aliphatic carbocycles. The highest BCUT2D eigenvalue weighted by Crippen LogP contribution is 2.35. The lowest BCUT2D eigenvalue weighted by molar-refractivity contribution is -0.138. The van der Waals surface area contributed by atoms with E-state index >= 15 is 0 Å². The Kier molecular flexibility index (Phi) is 9.38. The van der Waals surface area contributed by atoms with E-state index in [0.29, 0.717) is 25.5 Å². The van der Waals surface area contributed by atoms with Gasteiger partial charge in [-0.2, -0.15) is 0 Å². The maximum Gasteiger partial charge on any atom is 0.319 e. The fraction of sp³-hybridized carbons (Fsp3) is 0.464. The third kappa shape index (κ3) is 7.54. The Balaban J connectivity index is 1.42. The molecule has 0 spiro atoms. The monoisotopic (exact) mass is 553 g/mol. The van der Waals surface area contributed by atoms with Gasteiger partial charge in [0.15, 0.2) is 4.34 Å². The first-order chi connectivity index (χ1) is 18.2. The van der Waals surface area contributed by atoms with Crippen LogP contribution in [0.25, 0.3) is 0 Å². The Hall–Kier alpha value is -2.98. The quantitative estimate of drug-likeness (QED) is 0.270.